The van der Waals surface area contributed by atoms with Crippen LogP contribution in [-0.4, -0.2) is 70.0 Å². The highest BCUT2D eigenvalue weighted by atomic mass is 31.2. The van der Waals surface area contributed by atoms with Gasteiger partial charge in [-0.25, -0.2) is 0 Å². The maximum atomic E-state index is 12.6. The van der Waals surface area contributed by atoms with Gasteiger partial charge in [0.15, 0.2) is 6.10 Å². The summed E-state index contributed by atoms with van der Waals surface area (Å²) in [6, 6.07) is 0. The first kappa shape index (κ1) is 47.8. The monoisotopic (exact) mass is 718 g/mol. The van der Waals surface area contributed by atoms with Gasteiger partial charge in [0.25, 0.3) is 7.82 Å². The van der Waals surface area contributed by atoms with Crippen molar-refractivity contribution in [3.8, 4) is 0 Å². The summed E-state index contributed by atoms with van der Waals surface area (Å²) in [6.07, 6.45) is 30.9. The molecule has 0 saturated heterocycles. The van der Waals surface area contributed by atoms with E-state index in [1.807, 2.05) is 21.1 Å². The highest BCUT2D eigenvalue weighted by Crippen LogP contribution is 2.38. The van der Waals surface area contributed by atoms with Gasteiger partial charge in [0.1, 0.15) is 19.8 Å². The van der Waals surface area contributed by atoms with E-state index in [1.165, 1.54) is 96.3 Å². The molecule has 0 rings (SSSR count). The van der Waals surface area contributed by atoms with Crippen molar-refractivity contribution in [2.45, 2.75) is 180 Å². The molecule has 0 bridgehead atoms. The number of carbonyl (C=O) groups is 2. The minimum Gasteiger partial charge on any atom is -0.756 e. The Morgan fingerprint density at radius 1 is 0.612 bits per heavy atom. The maximum absolute atomic E-state index is 12.6. The Balaban J connectivity index is 4.43. The summed E-state index contributed by atoms with van der Waals surface area (Å²) in [5.41, 5.74) is 0. The van der Waals surface area contributed by atoms with E-state index in [0.717, 1.165) is 38.5 Å². The lowest BCUT2D eigenvalue weighted by atomic mass is 10.0. The van der Waals surface area contributed by atoms with E-state index in [9.17, 15) is 19.0 Å². The zero-order valence-corrected chi connectivity index (χ0v) is 33.3. The average molecular weight is 718 g/mol. The zero-order valence-electron chi connectivity index (χ0n) is 32.4. The highest BCUT2D eigenvalue weighted by molar-refractivity contribution is 7.45. The molecule has 0 aromatic carbocycles. The van der Waals surface area contributed by atoms with Crippen molar-refractivity contribution in [3.63, 3.8) is 0 Å². The molecule has 2 atom stereocenters. The molecule has 49 heavy (non-hydrogen) atoms. The maximum Gasteiger partial charge on any atom is 0.306 e. The van der Waals surface area contributed by atoms with Gasteiger partial charge in [0.2, 0.25) is 0 Å². The summed E-state index contributed by atoms with van der Waals surface area (Å²) in [5, 5.41) is 0. The lowest BCUT2D eigenvalue weighted by Gasteiger charge is -2.28. The van der Waals surface area contributed by atoms with Crippen LogP contribution in [0.2, 0.25) is 0 Å². The third-order valence-corrected chi connectivity index (χ3v) is 9.50. The normalized spacial score (nSPS) is 13.8. The largest absolute Gasteiger partial charge is 0.756 e. The molecular formula is C39H76NO8P. The van der Waals surface area contributed by atoms with Crippen LogP contribution in [-0.2, 0) is 32.7 Å². The van der Waals surface area contributed by atoms with Crippen LogP contribution in [0.5, 0.6) is 0 Å². The molecule has 0 fully saturated rings. The number of ether oxygens (including phenoxy) is 2. The number of quaternary nitrogens is 1. The van der Waals surface area contributed by atoms with Gasteiger partial charge in [-0.15, -0.1) is 0 Å². The molecule has 1 unspecified atom stereocenters. The molecule has 9 nitrogen and oxygen atoms in total. The van der Waals surface area contributed by atoms with Crippen molar-refractivity contribution in [1.29, 1.82) is 0 Å². The van der Waals surface area contributed by atoms with E-state index in [1.54, 1.807) is 0 Å². The number of esters is 2. The molecule has 10 heteroatoms. The van der Waals surface area contributed by atoms with Crippen molar-refractivity contribution in [3.05, 3.63) is 12.2 Å². The lowest BCUT2D eigenvalue weighted by Crippen LogP contribution is -2.37. The fourth-order valence-electron chi connectivity index (χ4n) is 5.35. The van der Waals surface area contributed by atoms with Crippen LogP contribution >= 0.6 is 7.82 Å². The molecule has 290 valence electrons. The molecule has 0 aromatic rings. The van der Waals surface area contributed by atoms with Crippen molar-refractivity contribution >= 4 is 19.8 Å². The molecule has 0 radical (unpaired) electrons. The van der Waals surface area contributed by atoms with E-state index in [2.05, 4.69) is 26.0 Å². The number of allylic oxidation sites excluding steroid dienone is 2. The van der Waals surface area contributed by atoms with Gasteiger partial charge in [-0.05, 0) is 38.5 Å². The minimum absolute atomic E-state index is 0.0302. The van der Waals surface area contributed by atoms with Crippen molar-refractivity contribution in [2.24, 2.45) is 0 Å². The number of hydrogen-bond donors (Lipinski definition) is 0. The van der Waals surface area contributed by atoms with Crippen LogP contribution in [0, 0.1) is 0 Å². The second-order valence-corrected chi connectivity index (χ2v) is 16.1. The van der Waals surface area contributed by atoms with Gasteiger partial charge in [0.05, 0.1) is 27.7 Å². The molecule has 0 heterocycles. The van der Waals surface area contributed by atoms with Crippen molar-refractivity contribution in [1.82, 2.24) is 0 Å². The Hall–Kier alpha value is -1.25. The van der Waals surface area contributed by atoms with E-state index in [0.29, 0.717) is 23.9 Å². The predicted octanol–water partition coefficient (Wildman–Crippen LogP) is 10.00. The first-order valence-electron chi connectivity index (χ1n) is 19.9. The summed E-state index contributed by atoms with van der Waals surface area (Å²) in [5.74, 6) is -0.849. The molecular weight excluding hydrogens is 641 g/mol. The molecule has 0 aromatic heterocycles. The Morgan fingerprint density at radius 3 is 1.53 bits per heavy atom. The number of carbonyl (C=O) groups excluding carboxylic acids is 2. The Bertz CT molecular complexity index is 860. The third kappa shape index (κ3) is 36.3. The molecule has 0 N–H and O–H groups in total. The SMILES string of the molecule is CCCCCCCC/C=C/CCCCCC(=O)OC[C@H](COP(=O)([O-])OCC[N+](C)(C)C)OC(=O)CCCCCCCCCCCCCC. The number of nitrogens with zero attached hydrogens (tertiary/aromatic N) is 1. The third-order valence-electron chi connectivity index (χ3n) is 8.54. The molecule has 0 amide bonds. The first-order chi connectivity index (χ1) is 23.5. The molecule has 0 aliphatic carbocycles. The summed E-state index contributed by atoms with van der Waals surface area (Å²) in [7, 11) is 1.16. The average Bonchev–Trinajstić information content (AvgIpc) is 3.04. The Morgan fingerprint density at radius 2 is 1.04 bits per heavy atom. The fraction of sp³-hybridized carbons (Fsp3) is 0.897. The number of hydrogen-bond acceptors (Lipinski definition) is 8. The standard InChI is InChI=1S/C39H76NO8P/c1-6-8-10-12-14-16-18-20-22-23-25-27-29-31-38(41)45-35-37(36-47-49(43,44)46-34-33-40(3,4)5)48-39(42)32-30-28-26-24-21-19-17-15-13-11-9-7-2/h20,22,37H,6-19,21,23-36H2,1-5H3/b22-20+/t37-/m1/s1. The van der Waals surface area contributed by atoms with E-state index in [-0.39, 0.29) is 26.1 Å². The van der Waals surface area contributed by atoms with Crippen LogP contribution in [0.25, 0.3) is 0 Å². The number of phosphoric ester groups is 1. The van der Waals surface area contributed by atoms with Gasteiger partial charge >= 0.3 is 11.9 Å². The van der Waals surface area contributed by atoms with Gasteiger partial charge in [-0.1, -0.05) is 135 Å². The van der Waals surface area contributed by atoms with Crippen LogP contribution in [0.1, 0.15) is 174 Å². The van der Waals surface area contributed by atoms with Crippen LogP contribution < -0.4 is 4.89 Å². The summed E-state index contributed by atoms with van der Waals surface area (Å²) in [4.78, 5) is 37.3. The van der Waals surface area contributed by atoms with Crippen molar-refractivity contribution in [2.75, 3.05) is 47.5 Å². The van der Waals surface area contributed by atoms with E-state index < -0.39 is 32.5 Å². The number of likely N-dealkylation sites (N-methyl/N-ethyl adjacent to an activating group) is 1. The second-order valence-electron chi connectivity index (χ2n) is 14.7. The molecule has 0 saturated carbocycles. The van der Waals surface area contributed by atoms with Crippen LogP contribution in [0.3, 0.4) is 0 Å². The minimum atomic E-state index is -4.61. The van der Waals surface area contributed by atoms with Gasteiger partial charge in [0, 0.05) is 12.8 Å². The number of unbranched alkanes of at least 4 members (excludes halogenated alkanes) is 20. The van der Waals surface area contributed by atoms with Gasteiger partial charge in [-0.2, -0.15) is 0 Å². The Kier molecular flexibility index (Phi) is 31.8. The summed E-state index contributed by atoms with van der Waals surface area (Å²) in [6.45, 7) is 4.19. The lowest BCUT2D eigenvalue weighted by molar-refractivity contribution is -0.870. The van der Waals surface area contributed by atoms with Gasteiger partial charge in [-0.3, -0.25) is 14.2 Å². The van der Waals surface area contributed by atoms with Gasteiger partial charge < -0.3 is 27.9 Å². The van der Waals surface area contributed by atoms with Crippen LogP contribution in [0.15, 0.2) is 12.2 Å². The smallest absolute Gasteiger partial charge is 0.306 e. The Labute approximate surface area is 301 Å². The molecule has 0 spiro atoms. The summed E-state index contributed by atoms with van der Waals surface area (Å²) < 4.78 is 33.7. The second kappa shape index (κ2) is 32.6. The number of phosphoric acid groups is 1. The van der Waals surface area contributed by atoms with Crippen molar-refractivity contribution < 1.29 is 42.1 Å². The zero-order chi connectivity index (χ0) is 36.5. The molecule has 0 aliphatic heterocycles. The number of rotatable bonds is 36. The quantitative estimate of drug-likeness (QED) is 0.0207. The predicted molar refractivity (Wildman–Crippen MR) is 199 cm³/mol. The topological polar surface area (TPSA) is 111 Å². The van der Waals surface area contributed by atoms with Crippen LogP contribution in [0.4, 0.5) is 0 Å². The fourth-order valence-corrected chi connectivity index (χ4v) is 6.08. The van der Waals surface area contributed by atoms with E-state index in [4.69, 9.17) is 18.5 Å². The highest BCUT2D eigenvalue weighted by Gasteiger charge is 2.21. The van der Waals surface area contributed by atoms with E-state index >= 15 is 0 Å². The summed E-state index contributed by atoms with van der Waals surface area (Å²) >= 11 is 0. The molecule has 0 aliphatic rings. The first-order valence-corrected chi connectivity index (χ1v) is 21.4.